The Hall–Kier alpha value is -2.55. The molecule has 1 heterocycles. The van der Waals surface area contributed by atoms with Gasteiger partial charge in [0.05, 0.1) is 12.0 Å². The molecule has 0 fully saturated rings. The van der Waals surface area contributed by atoms with Crippen molar-refractivity contribution in [3.8, 4) is 11.5 Å². The number of rotatable bonds is 3. The minimum Gasteiger partial charge on any atom is -0.484 e. The van der Waals surface area contributed by atoms with Crippen LogP contribution in [0.2, 0.25) is 0 Å². The highest BCUT2D eigenvalue weighted by molar-refractivity contribution is 7.88. The molecule has 0 aliphatic carbocycles. The van der Waals surface area contributed by atoms with Crippen molar-refractivity contribution in [1.29, 1.82) is 0 Å². The predicted octanol–water partition coefficient (Wildman–Crippen LogP) is 4.65. The minimum atomic E-state index is -5.72. The molecule has 0 spiro atoms. The highest BCUT2D eigenvalue weighted by Crippen LogP contribution is 2.35. The van der Waals surface area contributed by atoms with Crippen LogP contribution >= 0.6 is 0 Å². The number of para-hydroxylation sites is 1. The number of carbonyl (C=O) groups is 1. The Balaban J connectivity index is 0.00000126. The van der Waals surface area contributed by atoms with Crippen molar-refractivity contribution >= 4 is 15.9 Å². The first-order valence-electron chi connectivity index (χ1n) is 8.07. The number of ketones is 1. The third-order valence-electron chi connectivity index (χ3n) is 3.57. The summed E-state index contributed by atoms with van der Waals surface area (Å²) in [4.78, 5) is 12.1. The van der Waals surface area contributed by atoms with E-state index < -0.39 is 27.5 Å². The smallest absolute Gasteiger partial charge is 0.484 e. The quantitative estimate of drug-likeness (QED) is 0.552. The fraction of sp³-hybridized carbons (Fsp3) is 0.278. The number of halogens is 3. The van der Waals surface area contributed by atoms with Crippen LogP contribution < -0.4 is 8.92 Å². The van der Waals surface area contributed by atoms with E-state index in [9.17, 15) is 26.4 Å². The van der Waals surface area contributed by atoms with Gasteiger partial charge in [-0.2, -0.15) is 21.6 Å². The molecule has 1 atom stereocenters. The summed E-state index contributed by atoms with van der Waals surface area (Å²) < 4.78 is 68.6. The van der Waals surface area contributed by atoms with E-state index in [1.54, 1.807) is 24.3 Å². The molecule has 2 aromatic rings. The third-order valence-corrected chi connectivity index (χ3v) is 4.55. The Kier molecular flexibility index (Phi) is 6.15. The largest absolute Gasteiger partial charge is 0.534 e. The summed E-state index contributed by atoms with van der Waals surface area (Å²) in [5.41, 5.74) is -4.52. The number of ether oxygens (including phenoxy) is 1. The van der Waals surface area contributed by atoms with E-state index in [2.05, 4.69) is 4.18 Å². The van der Waals surface area contributed by atoms with Crippen LogP contribution in [0.25, 0.3) is 0 Å². The zero-order valence-electron chi connectivity index (χ0n) is 14.5. The highest BCUT2D eigenvalue weighted by atomic mass is 32.2. The number of benzene rings is 2. The zero-order chi connectivity index (χ0) is 20.2. The first-order chi connectivity index (χ1) is 12.7. The Morgan fingerprint density at radius 1 is 1.04 bits per heavy atom. The fourth-order valence-corrected chi connectivity index (χ4v) is 2.83. The molecule has 0 saturated carbocycles. The van der Waals surface area contributed by atoms with E-state index in [1.807, 2.05) is 13.8 Å². The van der Waals surface area contributed by atoms with Crippen LogP contribution in [0.1, 0.15) is 42.3 Å². The molecule has 0 saturated heterocycles. The number of fused-ring (bicyclic) bond motifs is 1. The molecule has 0 radical (unpaired) electrons. The van der Waals surface area contributed by atoms with Gasteiger partial charge in [-0.05, 0) is 29.8 Å². The number of alkyl halides is 3. The van der Waals surface area contributed by atoms with Crippen LogP contribution in [-0.4, -0.2) is 19.7 Å². The number of carbonyl (C=O) groups excluding carboxylic acids is 1. The number of Topliss-reactive ketones (excluding diaryl/α,β-unsaturated/α-hetero) is 1. The summed E-state index contributed by atoms with van der Waals surface area (Å²) in [7, 11) is -5.72. The number of hydrogen-bond acceptors (Lipinski definition) is 5. The lowest BCUT2D eigenvalue weighted by molar-refractivity contribution is -0.0500. The highest BCUT2D eigenvalue weighted by Gasteiger charge is 2.48. The summed E-state index contributed by atoms with van der Waals surface area (Å²) in [5, 5.41) is 0. The third kappa shape index (κ3) is 4.60. The first kappa shape index (κ1) is 20.8. The van der Waals surface area contributed by atoms with Crippen LogP contribution in [0.3, 0.4) is 0 Å². The van der Waals surface area contributed by atoms with Crippen molar-refractivity contribution < 1.29 is 35.3 Å². The van der Waals surface area contributed by atoms with Crippen LogP contribution in [0.15, 0.2) is 48.5 Å². The second-order valence-corrected chi connectivity index (χ2v) is 6.82. The van der Waals surface area contributed by atoms with Gasteiger partial charge in [0.15, 0.2) is 5.78 Å². The molecule has 2 aromatic carbocycles. The monoisotopic (exact) mass is 402 g/mol. The van der Waals surface area contributed by atoms with Crippen LogP contribution in [0, 0.1) is 0 Å². The van der Waals surface area contributed by atoms with Crippen molar-refractivity contribution in [2.75, 3.05) is 0 Å². The number of hydrogen-bond donors (Lipinski definition) is 0. The van der Waals surface area contributed by atoms with Gasteiger partial charge in [0.2, 0.25) is 0 Å². The maximum Gasteiger partial charge on any atom is 0.534 e. The maximum absolute atomic E-state index is 12.3. The van der Waals surface area contributed by atoms with Gasteiger partial charge in [0.25, 0.3) is 0 Å². The molecule has 1 aliphatic heterocycles. The summed E-state index contributed by atoms with van der Waals surface area (Å²) in [6.45, 7) is 4.00. The Bertz CT molecular complexity index is 905. The van der Waals surface area contributed by atoms with E-state index in [4.69, 9.17) is 4.74 Å². The normalized spacial score (nSPS) is 16.5. The van der Waals surface area contributed by atoms with Gasteiger partial charge < -0.3 is 8.92 Å². The van der Waals surface area contributed by atoms with E-state index in [0.717, 1.165) is 12.1 Å². The summed E-state index contributed by atoms with van der Waals surface area (Å²) in [6, 6.07) is 11.6. The minimum absolute atomic E-state index is 0.0675. The van der Waals surface area contributed by atoms with Gasteiger partial charge in [-0.1, -0.05) is 38.1 Å². The van der Waals surface area contributed by atoms with Crippen LogP contribution in [0.5, 0.6) is 11.5 Å². The summed E-state index contributed by atoms with van der Waals surface area (Å²) in [6.07, 6.45) is -0.548. The Morgan fingerprint density at radius 2 is 1.63 bits per heavy atom. The van der Waals surface area contributed by atoms with E-state index in [1.165, 1.54) is 12.1 Å². The topological polar surface area (TPSA) is 69.7 Å². The molecular weight excluding hydrogens is 385 g/mol. The molecule has 27 heavy (non-hydrogen) atoms. The molecule has 146 valence electrons. The Labute approximate surface area is 154 Å². The lowest BCUT2D eigenvalue weighted by atomic mass is 9.96. The predicted molar refractivity (Wildman–Crippen MR) is 92.2 cm³/mol. The zero-order valence-corrected chi connectivity index (χ0v) is 15.3. The standard InChI is InChI=1S/C16H11F3O5S.C2H6/c17-16(18,19)25(21,22)24-11-7-5-10(6-8-11)15-9-13(20)12-3-1-2-4-14(12)23-15;1-2/h1-8,15H,9H2;1-2H3. The molecule has 3 rings (SSSR count). The van der Waals surface area contributed by atoms with Crippen LogP contribution in [0.4, 0.5) is 13.2 Å². The molecule has 5 nitrogen and oxygen atoms in total. The van der Waals surface area contributed by atoms with Gasteiger partial charge in [-0.3, -0.25) is 4.79 Å². The molecule has 1 aliphatic rings. The molecular formula is C18H17F3O5S. The maximum atomic E-state index is 12.3. The molecule has 0 bridgehead atoms. The fourth-order valence-electron chi connectivity index (χ4n) is 2.37. The van der Waals surface area contributed by atoms with Crippen molar-refractivity contribution in [2.24, 2.45) is 0 Å². The Morgan fingerprint density at radius 3 is 2.22 bits per heavy atom. The second kappa shape index (κ2) is 7.99. The second-order valence-electron chi connectivity index (χ2n) is 5.28. The van der Waals surface area contributed by atoms with Gasteiger partial charge in [0.1, 0.15) is 17.6 Å². The van der Waals surface area contributed by atoms with Crippen molar-refractivity contribution in [1.82, 2.24) is 0 Å². The molecule has 0 N–H and O–H groups in total. The van der Waals surface area contributed by atoms with Crippen LogP contribution in [-0.2, 0) is 10.1 Å². The molecule has 0 aromatic heterocycles. The lowest BCUT2D eigenvalue weighted by Crippen LogP contribution is -2.28. The summed E-state index contributed by atoms with van der Waals surface area (Å²) >= 11 is 0. The molecule has 1 unspecified atom stereocenters. The summed E-state index contributed by atoms with van der Waals surface area (Å²) in [5.74, 6) is -0.181. The lowest BCUT2D eigenvalue weighted by Gasteiger charge is -2.25. The van der Waals surface area contributed by atoms with Crippen molar-refractivity contribution in [3.05, 3.63) is 59.7 Å². The van der Waals surface area contributed by atoms with Gasteiger partial charge >= 0.3 is 15.6 Å². The first-order valence-corrected chi connectivity index (χ1v) is 9.48. The van der Waals surface area contributed by atoms with E-state index >= 15 is 0 Å². The van der Waals surface area contributed by atoms with Gasteiger partial charge in [-0.15, -0.1) is 0 Å². The average molecular weight is 402 g/mol. The van der Waals surface area contributed by atoms with E-state index in [-0.39, 0.29) is 12.2 Å². The van der Waals surface area contributed by atoms with Gasteiger partial charge in [-0.25, -0.2) is 0 Å². The SMILES string of the molecule is CC.O=C1CC(c2ccc(OS(=O)(=O)C(F)(F)F)cc2)Oc2ccccc21. The van der Waals surface area contributed by atoms with Crippen molar-refractivity contribution in [2.45, 2.75) is 31.9 Å². The van der Waals surface area contributed by atoms with E-state index in [0.29, 0.717) is 16.9 Å². The average Bonchev–Trinajstić information content (AvgIpc) is 2.63. The molecule has 9 heteroatoms. The van der Waals surface area contributed by atoms with Crippen molar-refractivity contribution in [3.63, 3.8) is 0 Å². The van der Waals surface area contributed by atoms with Gasteiger partial charge in [0, 0.05) is 0 Å². The molecule has 0 amide bonds.